The lowest BCUT2D eigenvalue weighted by Crippen LogP contribution is -2.17. The number of anilines is 1. The van der Waals surface area contributed by atoms with Crippen molar-refractivity contribution in [2.45, 2.75) is 58.8 Å². The molecule has 1 N–H and O–H groups in total. The van der Waals surface area contributed by atoms with Crippen molar-refractivity contribution in [2.24, 2.45) is 0 Å². The van der Waals surface area contributed by atoms with Crippen molar-refractivity contribution in [2.75, 3.05) is 17.7 Å². The topological polar surface area (TPSA) is 95.3 Å². The Hall–Kier alpha value is -3.11. The number of benzene rings is 1. The summed E-state index contributed by atoms with van der Waals surface area (Å²) in [6.45, 7) is 14.3. The molecule has 3 aromatic rings. The molecule has 0 saturated heterocycles. The van der Waals surface area contributed by atoms with Gasteiger partial charge in [-0.2, -0.15) is 0 Å². The Morgan fingerprint density at radius 3 is 2.56 bits per heavy atom. The van der Waals surface area contributed by atoms with Crippen LogP contribution in [-0.2, 0) is 22.5 Å². The monoisotopic (exact) mass is 528 g/mol. The minimum atomic E-state index is -0.440. The summed E-state index contributed by atoms with van der Waals surface area (Å²) in [4.78, 5) is 26.0. The number of hydrogen-bond donors (Lipinski definition) is 1. The molecule has 192 valence electrons. The largest absolute Gasteiger partial charge is 0.483 e. The summed E-state index contributed by atoms with van der Waals surface area (Å²) in [5.74, 6) is 0.825. The number of thioether (sulfide) groups is 1. The summed E-state index contributed by atoms with van der Waals surface area (Å²) in [6.07, 6.45) is 2.16. The molecule has 0 fully saturated rings. The van der Waals surface area contributed by atoms with Gasteiger partial charge in [-0.05, 0) is 63.4 Å². The first kappa shape index (κ1) is 27.5. The Bertz CT molecular complexity index is 1210. The first-order valence-corrected chi connectivity index (χ1v) is 13.6. The van der Waals surface area contributed by atoms with Crippen molar-refractivity contribution < 1.29 is 19.1 Å². The molecule has 0 aliphatic rings. The molecular weight excluding hydrogens is 496 g/mol. The van der Waals surface area contributed by atoms with Gasteiger partial charge in [0.25, 0.3) is 0 Å². The molecule has 0 radical (unpaired) electrons. The van der Waals surface area contributed by atoms with Gasteiger partial charge in [0.2, 0.25) is 5.91 Å². The molecular formula is C26H32N4O4S2. The second kappa shape index (κ2) is 12.7. The lowest BCUT2D eigenvalue weighted by Gasteiger charge is -2.16. The van der Waals surface area contributed by atoms with Crippen molar-refractivity contribution >= 4 is 40.0 Å². The van der Waals surface area contributed by atoms with Crippen LogP contribution in [0.15, 0.2) is 42.1 Å². The summed E-state index contributed by atoms with van der Waals surface area (Å²) in [6, 6.07) is 7.83. The number of nitrogens with one attached hydrogen (secondary N) is 1. The fourth-order valence-electron chi connectivity index (χ4n) is 3.63. The van der Waals surface area contributed by atoms with E-state index in [1.54, 1.807) is 19.1 Å². The van der Waals surface area contributed by atoms with E-state index in [4.69, 9.17) is 9.47 Å². The lowest BCUT2D eigenvalue weighted by atomic mass is 10.1. The highest BCUT2D eigenvalue weighted by molar-refractivity contribution is 7.99. The summed E-state index contributed by atoms with van der Waals surface area (Å²) in [5, 5.41) is 12.6. The van der Waals surface area contributed by atoms with Crippen LogP contribution in [0.1, 0.15) is 59.1 Å². The summed E-state index contributed by atoms with van der Waals surface area (Å²) < 4.78 is 13.2. The van der Waals surface area contributed by atoms with Crippen LogP contribution in [0.5, 0.6) is 5.75 Å². The van der Waals surface area contributed by atoms with Crippen LogP contribution in [0.2, 0.25) is 0 Å². The van der Waals surface area contributed by atoms with E-state index in [0.29, 0.717) is 28.1 Å². The number of rotatable bonds is 12. The van der Waals surface area contributed by atoms with Crippen LogP contribution in [0, 0.1) is 13.8 Å². The molecule has 8 nitrogen and oxygen atoms in total. The SMILES string of the molecule is C=CCn1c(SCC(=O)Nc2sc(CC)cc2C(=O)OCC)nnc1C(C)Oc1cc(C)cc(C)c1. The van der Waals surface area contributed by atoms with Crippen LogP contribution in [0.4, 0.5) is 5.00 Å². The van der Waals surface area contributed by atoms with E-state index in [2.05, 4.69) is 28.2 Å². The molecule has 0 saturated carbocycles. The quantitative estimate of drug-likeness (QED) is 0.182. The molecule has 2 aromatic heterocycles. The van der Waals surface area contributed by atoms with Crippen molar-refractivity contribution in [3.63, 3.8) is 0 Å². The van der Waals surface area contributed by atoms with E-state index in [9.17, 15) is 9.59 Å². The number of allylic oxidation sites excluding steroid dienone is 1. The first-order chi connectivity index (χ1) is 17.2. The van der Waals surface area contributed by atoms with Gasteiger partial charge in [-0.1, -0.05) is 30.8 Å². The minimum absolute atomic E-state index is 0.100. The second-order valence-corrected chi connectivity index (χ2v) is 10.3. The van der Waals surface area contributed by atoms with Gasteiger partial charge in [-0.15, -0.1) is 28.1 Å². The zero-order valence-corrected chi connectivity index (χ0v) is 22.9. The Morgan fingerprint density at radius 2 is 1.92 bits per heavy atom. The molecule has 0 aliphatic carbocycles. The molecule has 10 heteroatoms. The molecule has 1 aromatic carbocycles. The number of carbonyl (C=O) groups is 2. The molecule has 36 heavy (non-hydrogen) atoms. The van der Waals surface area contributed by atoms with Gasteiger partial charge in [0.15, 0.2) is 17.1 Å². The van der Waals surface area contributed by atoms with Gasteiger partial charge in [-0.25, -0.2) is 4.79 Å². The Kier molecular flexibility index (Phi) is 9.72. The zero-order chi connectivity index (χ0) is 26.2. The number of ether oxygens (including phenoxy) is 2. The second-order valence-electron chi connectivity index (χ2n) is 8.19. The van der Waals surface area contributed by atoms with E-state index in [1.807, 2.05) is 44.4 Å². The maximum absolute atomic E-state index is 12.8. The van der Waals surface area contributed by atoms with Crippen LogP contribution >= 0.6 is 23.1 Å². The third kappa shape index (κ3) is 6.98. The van der Waals surface area contributed by atoms with Gasteiger partial charge in [-0.3, -0.25) is 9.36 Å². The fraction of sp³-hybridized carbons (Fsp3) is 0.385. The normalized spacial score (nSPS) is 11.7. The average Bonchev–Trinajstić information content (AvgIpc) is 3.41. The number of aryl methyl sites for hydroxylation is 3. The van der Waals surface area contributed by atoms with Gasteiger partial charge in [0.1, 0.15) is 10.8 Å². The zero-order valence-electron chi connectivity index (χ0n) is 21.3. The highest BCUT2D eigenvalue weighted by Crippen LogP contribution is 2.30. The third-order valence-electron chi connectivity index (χ3n) is 5.14. The Balaban J connectivity index is 1.70. The molecule has 2 heterocycles. The number of aromatic nitrogens is 3. The van der Waals surface area contributed by atoms with Gasteiger partial charge >= 0.3 is 5.97 Å². The van der Waals surface area contributed by atoms with Gasteiger partial charge in [0.05, 0.1) is 17.9 Å². The number of amides is 1. The molecule has 1 atom stereocenters. The van der Waals surface area contributed by atoms with E-state index < -0.39 is 5.97 Å². The van der Waals surface area contributed by atoms with Crippen LogP contribution in [0.25, 0.3) is 0 Å². The number of nitrogens with zero attached hydrogens (tertiary/aromatic N) is 3. The molecule has 0 bridgehead atoms. The Labute approximate surface area is 220 Å². The van der Waals surface area contributed by atoms with Crippen molar-refractivity contribution in [3.05, 3.63) is 64.3 Å². The smallest absolute Gasteiger partial charge is 0.341 e. The number of esters is 1. The van der Waals surface area contributed by atoms with Crippen molar-refractivity contribution in [1.82, 2.24) is 14.8 Å². The van der Waals surface area contributed by atoms with Gasteiger partial charge in [0, 0.05) is 11.4 Å². The number of carbonyl (C=O) groups excluding carboxylic acids is 2. The number of hydrogen-bond acceptors (Lipinski definition) is 8. The molecule has 0 spiro atoms. The van der Waals surface area contributed by atoms with E-state index in [0.717, 1.165) is 28.2 Å². The fourth-order valence-corrected chi connectivity index (χ4v) is 5.38. The molecule has 3 rings (SSSR count). The lowest BCUT2D eigenvalue weighted by molar-refractivity contribution is -0.113. The van der Waals surface area contributed by atoms with Crippen LogP contribution in [0.3, 0.4) is 0 Å². The van der Waals surface area contributed by atoms with Gasteiger partial charge < -0.3 is 14.8 Å². The minimum Gasteiger partial charge on any atom is -0.483 e. The molecule has 1 unspecified atom stereocenters. The molecule has 1 amide bonds. The average molecular weight is 529 g/mol. The van der Waals surface area contributed by atoms with Crippen molar-refractivity contribution in [3.8, 4) is 5.75 Å². The van der Waals surface area contributed by atoms with Crippen molar-refractivity contribution in [1.29, 1.82) is 0 Å². The van der Waals surface area contributed by atoms with Crippen LogP contribution in [-0.4, -0.2) is 39.0 Å². The summed E-state index contributed by atoms with van der Waals surface area (Å²) in [7, 11) is 0. The predicted octanol–water partition coefficient (Wildman–Crippen LogP) is 5.75. The third-order valence-corrected chi connectivity index (χ3v) is 7.30. The van der Waals surface area contributed by atoms with E-state index in [1.165, 1.54) is 23.1 Å². The predicted molar refractivity (Wildman–Crippen MR) is 144 cm³/mol. The Morgan fingerprint density at radius 1 is 1.19 bits per heavy atom. The highest BCUT2D eigenvalue weighted by Gasteiger charge is 2.22. The maximum atomic E-state index is 12.8. The standard InChI is InChI=1S/C26H32N4O4S2/c1-7-10-30-23(18(6)34-19-12-16(4)11-17(5)13-19)28-29-26(30)35-15-22(31)27-24-21(25(32)33-9-3)14-20(8-2)36-24/h7,11-14,18H,1,8-10,15H2,2-6H3,(H,27,31). The van der Waals surface area contributed by atoms with E-state index >= 15 is 0 Å². The van der Waals surface area contributed by atoms with E-state index in [-0.39, 0.29) is 24.4 Å². The van der Waals surface area contributed by atoms with Crippen LogP contribution < -0.4 is 10.1 Å². The summed E-state index contributed by atoms with van der Waals surface area (Å²) in [5.41, 5.74) is 2.62. The first-order valence-electron chi connectivity index (χ1n) is 11.8. The highest BCUT2D eigenvalue weighted by atomic mass is 32.2. The number of thiophene rings is 1. The summed E-state index contributed by atoms with van der Waals surface area (Å²) >= 11 is 2.64. The maximum Gasteiger partial charge on any atom is 0.341 e. The molecule has 0 aliphatic heterocycles.